The van der Waals surface area contributed by atoms with Crippen molar-refractivity contribution >= 4 is 37.8 Å². The molecule has 3 nitrogen and oxygen atoms in total. The van der Waals surface area contributed by atoms with E-state index in [9.17, 15) is 13.6 Å². The summed E-state index contributed by atoms with van der Waals surface area (Å²) in [6.07, 6.45) is 0. The largest absolute Gasteiger partial charge is 0.478 e. The number of carboxylic acid groups (broad SMARTS) is 1. The molecular weight excluding hydrogens is 342 g/mol. The van der Waals surface area contributed by atoms with Crippen molar-refractivity contribution in [1.29, 1.82) is 0 Å². The van der Waals surface area contributed by atoms with E-state index in [4.69, 9.17) is 5.11 Å². The molecule has 0 aliphatic rings. The number of benzene rings is 1. The molecule has 0 heterocycles. The zero-order chi connectivity index (χ0) is 11.6. The summed E-state index contributed by atoms with van der Waals surface area (Å²) in [7, 11) is 0. The van der Waals surface area contributed by atoms with E-state index in [2.05, 4.69) is 36.6 Å². The van der Waals surface area contributed by atoms with E-state index in [1.807, 2.05) is 0 Å². The molecular formula is C8H4Br2F2O3. The van der Waals surface area contributed by atoms with E-state index >= 15 is 0 Å². The molecule has 0 amide bonds. The highest BCUT2D eigenvalue weighted by atomic mass is 79.9. The first-order valence-corrected chi connectivity index (χ1v) is 5.17. The highest BCUT2D eigenvalue weighted by molar-refractivity contribution is 9.11. The Morgan fingerprint density at radius 1 is 1.33 bits per heavy atom. The predicted octanol–water partition coefficient (Wildman–Crippen LogP) is 3.51. The van der Waals surface area contributed by atoms with Gasteiger partial charge in [0.1, 0.15) is 5.75 Å². The molecule has 0 spiro atoms. The molecule has 1 aromatic rings. The lowest BCUT2D eigenvalue weighted by atomic mass is 10.2. The second kappa shape index (κ2) is 4.89. The molecule has 0 aliphatic heterocycles. The van der Waals surface area contributed by atoms with Crippen LogP contribution in [0.4, 0.5) is 8.78 Å². The Hall–Kier alpha value is -0.690. The van der Waals surface area contributed by atoms with Crippen LogP contribution in [0, 0.1) is 0 Å². The predicted molar refractivity (Wildman–Crippen MR) is 55.4 cm³/mol. The number of halogens is 4. The fraction of sp³-hybridized carbons (Fsp3) is 0.125. The summed E-state index contributed by atoms with van der Waals surface area (Å²) in [6.45, 7) is -2.95. The average molecular weight is 346 g/mol. The minimum atomic E-state index is -2.95. The summed E-state index contributed by atoms with van der Waals surface area (Å²) in [5.74, 6) is -1.28. The number of carboxylic acids is 1. The van der Waals surface area contributed by atoms with Gasteiger partial charge < -0.3 is 9.84 Å². The van der Waals surface area contributed by atoms with Crippen molar-refractivity contribution in [2.45, 2.75) is 6.61 Å². The molecule has 0 saturated heterocycles. The summed E-state index contributed by atoms with van der Waals surface area (Å²) >= 11 is 5.88. The summed E-state index contributed by atoms with van der Waals surface area (Å²) in [6, 6.07) is 2.35. The highest BCUT2D eigenvalue weighted by Gasteiger charge is 2.15. The summed E-state index contributed by atoms with van der Waals surface area (Å²) in [4.78, 5) is 10.7. The number of alkyl halides is 2. The quantitative estimate of drug-likeness (QED) is 0.911. The van der Waals surface area contributed by atoms with Gasteiger partial charge in [-0.2, -0.15) is 8.78 Å². The van der Waals surface area contributed by atoms with Gasteiger partial charge in [0.05, 0.1) is 10.0 Å². The minimum Gasteiger partial charge on any atom is -0.478 e. The lowest BCUT2D eigenvalue weighted by molar-refractivity contribution is -0.0503. The van der Waals surface area contributed by atoms with E-state index < -0.39 is 12.6 Å². The number of rotatable bonds is 3. The maximum atomic E-state index is 11.9. The third-order valence-electron chi connectivity index (χ3n) is 1.47. The van der Waals surface area contributed by atoms with Gasteiger partial charge in [0, 0.05) is 4.47 Å². The molecule has 0 fully saturated rings. The molecule has 0 unspecified atom stereocenters. The molecule has 15 heavy (non-hydrogen) atoms. The molecule has 1 rings (SSSR count). The lowest BCUT2D eigenvalue weighted by Gasteiger charge is -2.08. The first-order valence-electron chi connectivity index (χ1n) is 3.59. The second-order valence-corrected chi connectivity index (χ2v) is 4.15. The molecule has 0 radical (unpaired) electrons. The first kappa shape index (κ1) is 12.4. The van der Waals surface area contributed by atoms with Crippen LogP contribution in [0.2, 0.25) is 0 Å². The van der Waals surface area contributed by atoms with Crippen LogP contribution in [0.3, 0.4) is 0 Å². The van der Waals surface area contributed by atoms with Gasteiger partial charge in [0.15, 0.2) is 0 Å². The van der Waals surface area contributed by atoms with Gasteiger partial charge in [-0.3, -0.25) is 0 Å². The van der Waals surface area contributed by atoms with Crippen LogP contribution in [0.25, 0.3) is 0 Å². The van der Waals surface area contributed by atoms with Gasteiger partial charge in [-0.15, -0.1) is 0 Å². The van der Waals surface area contributed by atoms with Crippen LogP contribution in [-0.4, -0.2) is 17.7 Å². The number of ether oxygens (including phenoxy) is 1. The van der Waals surface area contributed by atoms with Crippen molar-refractivity contribution < 1.29 is 23.4 Å². The van der Waals surface area contributed by atoms with Crippen molar-refractivity contribution in [2.75, 3.05) is 0 Å². The Morgan fingerprint density at radius 2 is 1.93 bits per heavy atom. The van der Waals surface area contributed by atoms with E-state index in [1.165, 1.54) is 12.1 Å². The molecule has 0 saturated carbocycles. The third kappa shape index (κ3) is 3.13. The molecule has 7 heteroatoms. The zero-order valence-corrected chi connectivity index (χ0v) is 10.2. The van der Waals surface area contributed by atoms with E-state index in [-0.39, 0.29) is 20.3 Å². The SMILES string of the molecule is O=C(O)c1cc(Br)c(OC(F)F)cc1Br. The van der Waals surface area contributed by atoms with Crippen LogP contribution in [0.1, 0.15) is 10.4 Å². The smallest absolute Gasteiger partial charge is 0.387 e. The van der Waals surface area contributed by atoms with Crippen LogP contribution in [-0.2, 0) is 0 Å². The zero-order valence-electron chi connectivity index (χ0n) is 7.01. The van der Waals surface area contributed by atoms with E-state index in [0.29, 0.717) is 0 Å². The number of aromatic carboxylic acids is 1. The van der Waals surface area contributed by atoms with Crippen LogP contribution in [0.15, 0.2) is 21.1 Å². The molecule has 82 valence electrons. The summed E-state index contributed by atoms with van der Waals surface area (Å²) in [5.41, 5.74) is -0.0384. The first-order chi connectivity index (χ1) is 6.91. The van der Waals surface area contributed by atoms with Crippen LogP contribution < -0.4 is 4.74 Å². The van der Waals surface area contributed by atoms with E-state index in [0.717, 1.165) is 0 Å². The minimum absolute atomic E-state index is 0.0384. The second-order valence-electron chi connectivity index (χ2n) is 2.45. The Balaban J connectivity index is 3.13. The fourth-order valence-electron chi connectivity index (χ4n) is 0.879. The lowest BCUT2D eigenvalue weighted by Crippen LogP contribution is -2.04. The number of hydrogen-bond acceptors (Lipinski definition) is 2. The van der Waals surface area contributed by atoms with E-state index in [1.54, 1.807) is 0 Å². The molecule has 1 N–H and O–H groups in total. The standard InChI is InChI=1S/C8H4Br2F2O3/c9-4-2-6(15-8(11)12)5(10)1-3(4)7(13)14/h1-2,8H,(H,13,14). The van der Waals surface area contributed by atoms with Gasteiger partial charge in [0.25, 0.3) is 0 Å². The maximum absolute atomic E-state index is 11.9. The summed E-state index contributed by atoms with van der Waals surface area (Å²) in [5, 5.41) is 8.72. The maximum Gasteiger partial charge on any atom is 0.387 e. The molecule has 0 aromatic heterocycles. The Labute approximate surface area is 100 Å². The van der Waals surface area contributed by atoms with Crippen LogP contribution >= 0.6 is 31.9 Å². The van der Waals surface area contributed by atoms with Crippen molar-refractivity contribution in [3.8, 4) is 5.75 Å². The highest BCUT2D eigenvalue weighted by Crippen LogP contribution is 2.32. The third-order valence-corrected chi connectivity index (χ3v) is 2.74. The van der Waals surface area contributed by atoms with Gasteiger partial charge in [-0.05, 0) is 44.0 Å². The normalized spacial score (nSPS) is 10.5. The molecule has 0 aliphatic carbocycles. The van der Waals surface area contributed by atoms with Crippen molar-refractivity contribution in [1.82, 2.24) is 0 Å². The van der Waals surface area contributed by atoms with Gasteiger partial charge in [-0.1, -0.05) is 0 Å². The van der Waals surface area contributed by atoms with Crippen molar-refractivity contribution in [3.63, 3.8) is 0 Å². The Kier molecular flexibility index (Phi) is 4.04. The number of carbonyl (C=O) groups is 1. The summed E-state index contributed by atoms with van der Waals surface area (Å²) < 4.78 is 28.3. The molecule has 0 bridgehead atoms. The molecule has 0 atom stereocenters. The van der Waals surface area contributed by atoms with Crippen LogP contribution in [0.5, 0.6) is 5.75 Å². The Morgan fingerprint density at radius 3 is 2.40 bits per heavy atom. The van der Waals surface area contributed by atoms with Gasteiger partial charge in [-0.25, -0.2) is 4.79 Å². The monoisotopic (exact) mass is 344 g/mol. The average Bonchev–Trinajstić information content (AvgIpc) is 2.09. The number of hydrogen-bond donors (Lipinski definition) is 1. The van der Waals surface area contributed by atoms with Gasteiger partial charge >= 0.3 is 12.6 Å². The van der Waals surface area contributed by atoms with Crippen molar-refractivity contribution in [2.24, 2.45) is 0 Å². The van der Waals surface area contributed by atoms with Crippen molar-refractivity contribution in [3.05, 3.63) is 26.6 Å². The topological polar surface area (TPSA) is 46.5 Å². The fourth-order valence-corrected chi connectivity index (χ4v) is 1.81. The molecule has 1 aromatic carbocycles. The van der Waals surface area contributed by atoms with Gasteiger partial charge in [0.2, 0.25) is 0 Å². The Bertz CT molecular complexity index is 396.